The summed E-state index contributed by atoms with van der Waals surface area (Å²) in [6, 6.07) is 0.0209. The molecule has 13 heavy (non-hydrogen) atoms. The molecule has 76 valence electrons. The molecule has 1 N–H and O–H groups in total. The highest BCUT2D eigenvalue weighted by Crippen LogP contribution is 2.06. The number of nitrogens with zero attached hydrogens (tertiary/aromatic N) is 1. The first-order valence-corrected chi connectivity index (χ1v) is 4.28. The van der Waals surface area contributed by atoms with Crippen LogP contribution in [0.15, 0.2) is 4.99 Å². The minimum atomic E-state index is -0.449. The highest BCUT2D eigenvalue weighted by atomic mass is 16.6. The van der Waals surface area contributed by atoms with E-state index in [0.29, 0.717) is 6.54 Å². The van der Waals surface area contributed by atoms with Crippen LogP contribution in [0.25, 0.3) is 0 Å². The average molecular weight is 186 g/mol. The standard InChI is InChI=1S/C9H18N2O2/c1-7(10-5)6-11-8(12)13-9(2,3)4/h7H,5-6H2,1-4H3,(H,11,12). The quantitative estimate of drug-likeness (QED) is 0.680. The Balaban J connectivity index is 3.70. The second-order valence-electron chi connectivity index (χ2n) is 3.91. The molecule has 1 unspecified atom stereocenters. The monoisotopic (exact) mass is 186 g/mol. The molecule has 0 aromatic carbocycles. The number of carbonyl (C=O) groups is 1. The Bertz CT molecular complexity index is 185. The second-order valence-corrected chi connectivity index (χ2v) is 3.91. The molecule has 0 fully saturated rings. The van der Waals surface area contributed by atoms with E-state index in [0.717, 1.165) is 0 Å². The van der Waals surface area contributed by atoms with Crippen molar-refractivity contribution >= 4 is 12.8 Å². The molecule has 4 heteroatoms. The first-order chi connectivity index (χ1) is 5.85. The highest BCUT2D eigenvalue weighted by Gasteiger charge is 2.15. The lowest BCUT2D eigenvalue weighted by Crippen LogP contribution is -2.35. The van der Waals surface area contributed by atoms with Crippen molar-refractivity contribution in [1.82, 2.24) is 5.32 Å². The molecule has 0 aliphatic heterocycles. The van der Waals surface area contributed by atoms with E-state index in [1.54, 1.807) is 0 Å². The van der Waals surface area contributed by atoms with Crippen LogP contribution in [-0.2, 0) is 4.74 Å². The van der Waals surface area contributed by atoms with Gasteiger partial charge in [0, 0.05) is 6.54 Å². The topological polar surface area (TPSA) is 50.7 Å². The summed E-state index contributed by atoms with van der Waals surface area (Å²) in [6.07, 6.45) is -0.414. The van der Waals surface area contributed by atoms with Gasteiger partial charge in [-0.2, -0.15) is 0 Å². The van der Waals surface area contributed by atoms with Gasteiger partial charge in [-0.3, -0.25) is 4.99 Å². The van der Waals surface area contributed by atoms with Crippen molar-refractivity contribution in [2.45, 2.75) is 39.3 Å². The molecule has 0 radical (unpaired) electrons. The number of rotatable bonds is 3. The molecule has 4 nitrogen and oxygen atoms in total. The fourth-order valence-corrected chi connectivity index (χ4v) is 0.610. The molecule has 0 heterocycles. The van der Waals surface area contributed by atoms with Crippen molar-refractivity contribution < 1.29 is 9.53 Å². The van der Waals surface area contributed by atoms with E-state index in [1.165, 1.54) is 0 Å². The van der Waals surface area contributed by atoms with Gasteiger partial charge >= 0.3 is 6.09 Å². The van der Waals surface area contributed by atoms with Gasteiger partial charge in [-0.05, 0) is 34.4 Å². The van der Waals surface area contributed by atoms with Gasteiger partial charge < -0.3 is 10.1 Å². The summed E-state index contributed by atoms with van der Waals surface area (Å²) in [7, 11) is 0. The molecule has 0 saturated heterocycles. The first kappa shape index (κ1) is 11.9. The van der Waals surface area contributed by atoms with Crippen molar-refractivity contribution in [3.63, 3.8) is 0 Å². The Morgan fingerprint density at radius 2 is 2.15 bits per heavy atom. The van der Waals surface area contributed by atoms with Crippen LogP contribution in [0.2, 0.25) is 0 Å². The van der Waals surface area contributed by atoms with Crippen LogP contribution in [0.1, 0.15) is 27.7 Å². The third-order valence-electron chi connectivity index (χ3n) is 1.25. The molecule has 0 spiro atoms. The molecule has 0 aromatic rings. The van der Waals surface area contributed by atoms with E-state index < -0.39 is 11.7 Å². The van der Waals surface area contributed by atoms with E-state index in [2.05, 4.69) is 17.0 Å². The summed E-state index contributed by atoms with van der Waals surface area (Å²) < 4.78 is 5.02. The summed E-state index contributed by atoms with van der Waals surface area (Å²) in [5.74, 6) is 0. The van der Waals surface area contributed by atoms with Gasteiger partial charge in [-0.25, -0.2) is 4.79 Å². The predicted octanol–water partition coefficient (Wildman–Crippen LogP) is 1.60. The predicted molar refractivity (Wildman–Crippen MR) is 53.2 cm³/mol. The number of nitrogens with one attached hydrogen (secondary N) is 1. The zero-order valence-corrected chi connectivity index (χ0v) is 8.76. The normalized spacial score (nSPS) is 13.2. The van der Waals surface area contributed by atoms with E-state index >= 15 is 0 Å². The van der Waals surface area contributed by atoms with Gasteiger partial charge in [-0.1, -0.05) is 0 Å². The molecule has 1 amide bonds. The van der Waals surface area contributed by atoms with E-state index in [-0.39, 0.29) is 6.04 Å². The number of hydrogen-bond donors (Lipinski definition) is 1. The van der Waals surface area contributed by atoms with Gasteiger partial charge in [0.05, 0.1) is 6.04 Å². The molecule has 1 atom stereocenters. The van der Waals surface area contributed by atoms with Gasteiger partial charge in [0.15, 0.2) is 0 Å². The maximum atomic E-state index is 11.1. The highest BCUT2D eigenvalue weighted by molar-refractivity contribution is 5.67. The van der Waals surface area contributed by atoms with Gasteiger partial charge in [0.25, 0.3) is 0 Å². The minimum absolute atomic E-state index is 0.0209. The van der Waals surface area contributed by atoms with Crippen molar-refractivity contribution in [1.29, 1.82) is 0 Å². The van der Waals surface area contributed by atoms with Gasteiger partial charge in [-0.15, -0.1) is 0 Å². The second kappa shape index (κ2) is 4.84. The molecule has 0 bridgehead atoms. The maximum Gasteiger partial charge on any atom is 0.407 e. The summed E-state index contributed by atoms with van der Waals surface area (Å²) in [5.41, 5.74) is -0.449. The zero-order valence-electron chi connectivity index (χ0n) is 8.76. The third-order valence-corrected chi connectivity index (χ3v) is 1.25. The summed E-state index contributed by atoms with van der Waals surface area (Å²) in [6.45, 7) is 11.2. The molecular formula is C9H18N2O2. The Kier molecular flexibility index (Phi) is 4.45. The Labute approximate surface area is 79.4 Å². The van der Waals surface area contributed by atoms with E-state index in [4.69, 9.17) is 4.74 Å². The summed E-state index contributed by atoms with van der Waals surface area (Å²) in [4.78, 5) is 14.8. The average Bonchev–Trinajstić information content (AvgIpc) is 1.97. The number of ether oxygens (including phenoxy) is 1. The minimum Gasteiger partial charge on any atom is -0.444 e. The fraction of sp³-hybridized carbons (Fsp3) is 0.778. The number of hydrogen-bond acceptors (Lipinski definition) is 3. The Morgan fingerprint density at radius 3 is 2.54 bits per heavy atom. The Morgan fingerprint density at radius 1 is 1.62 bits per heavy atom. The Hall–Kier alpha value is -1.06. The number of aliphatic imine (C=N–C) groups is 1. The van der Waals surface area contributed by atoms with Crippen LogP contribution in [0, 0.1) is 0 Å². The molecule has 0 saturated carbocycles. The van der Waals surface area contributed by atoms with Crippen LogP contribution in [0.3, 0.4) is 0 Å². The zero-order chi connectivity index (χ0) is 10.5. The van der Waals surface area contributed by atoms with Crippen molar-refractivity contribution in [2.75, 3.05) is 6.54 Å². The molecule has 0 aliphatic carbocycles. The SMILES string of the molecule is C=NC(C)CNC(=O)OC(C)(C)C. The van der Waals surface area contributed by atoms with Crippen LogP contribution >= 0.6 is 0 Å². The first-order valence-electron chi connectivity index (χ1n) is 4.28. The lowest BCUT2D eigenvalue weighted by molar-refractivity contribution is 0.0525. The number of carbonyl (C=O) groups excluding carboxylic acids is 1. The smallest absolute Gasteiger partial charge is 0.407 e. The lowest BCUT2D eigenvalue weighted by atomic mass is 10.2. The lowest BCUT2D eigenvalue weighted by Gasteiger charge is -2.20. The molecule has 0 rings (SSSR count). The van der Waals surface area contributed by atoms with E-state index in [1.807, 2.05) is 27.7 Å². The van der Waals surface area contributed by atoms with Crippen LogP contribution in [-0.4, -0.2) is 31.0 Å². The van der Waals surface area contributed by atoms with Gasteiger partial charge in [0.2, 0.25) is 0 Å². The fourth-order valence-electron chi connectivity index (χ4n) is 0.610. The van der Waals surface area contributed by atoms with Crippen molar-refractivity contribution in [3.05, 3.63) is 0 Å². The van der Waals surface area contributed by atoms with Crippen molar-refractivity contribution in [3.8, 4) is 0 Å². The molecular weight excluding hydrogens is 168 g/mol. The van der Waals surface area contributed by atoms with Crippen LogP contribution < -0.4 is 5.32 Å². The summed E-state index contributed by atoms with van der Waals surface area (Å²) >= 11 is 0. The molecule has 0 aliphatic rings. The maximum absolute atomic E-state index is 11.1. The van der Waals surface area contributed by atoms with Crippen molar-refractivity contribution in [2.24, 2.45) is 4.99 Å². The molecule has 0 aromatic heterocycles. The number of amides is 1. The summed E-state index contributed by atoms with van der Waals surface area (Å²) in [5, 5.41) is 2.59. The third kappa shape index (κ3) is 7.31. The largest absolute Gasteiger partial charge is 0.444 e. The van der Waals surface area contributed by atoms with E-state index in [9.17, 15) is 4.79 Å². The van der Waals surface area contributed by atoms with Crippen LogP contribution in [0.5, 0.6) is 0 Å². The van der Waals surface area contributed by atoms with Gasteiger partial charge in [0.1, 0.15) is 5.60 Å². The number of alkyl carbamates (subject to hydrolysis) is 1. The van der Waals surface area contributed by atoms with Crippen LogP contribution in [0.4, 0.5) is 4.79 Å².